The van der Waals surface area contributed by atoms with E-state index < -0.39 is 10.0 Å². The smallest absolute Gasteiger partial charge is 0.243 e. The van der Waals surface area contributed by atoms with Gasteiger partial charge in [0.05, 0.1) is 4.90 Å². The van der Waals surface area contributed by atoms with E-state index in [4.69, 9.17) is 34.8 Å². The van der Waals surface area contributed by atoms with Gasteiger partial charge in [0.2, 0.25) is 15.9 Å². The lowest BCUT2D eigenvalue weighted by molar-refractivity contribution is -0.127. The average Bonchev–Trinajstić information content (AvgIpc) is 2.64. The van der Waals surface area contributed by atoms with Crippen LogP contribution < -0.4 is 5.32 Å². The number of amides is 1. The van der Waals surface area contributed by atoms with Crippen molar-refractivity contribution < 1.29 is 13.2 Å². The Morgan fingerprint density at radius 2 is 1.73 bits per heavy atom. The van der Waals surface area contributed by atoms with Crippen LogP contribution in [0.25, 0.3) is 0 Å². The molecule has 1 aliphatic heterocycles. The van der Waals surface area contributed by atoms with Gasteiger partial charge in [-0.05, 0) is 61.2 Å². The summed E-state index contributed by atoms with van der Waals surface area (Å²) in [4.78, 5) is 12.7. The molecule has 0 bridgehead atoms. The number of carbonyl (C=O) groups excluding carboxylic acids is 1. The molecule has 0 unspecified atom stereocenters. The van der Waals surface area contributed by atoms with Gasteiger partial charge in [-0.15, -0.1) is 0 Å². The number of benzene rings is 2. The van der Waals surface area contributed by atoms with E-state index in [1.807, 2.05) is 6.07 Å². The largest absolute Gasteiger partial charge is 0.353 e. The summed E-state index contributed by atoms with van der Waals surface area (Å²) >= 11 is 17.9. The molecule has 1 heterocycles. The molecule has 2 aliphatic rings. The molecule has 9 heteroatoms. The number of rotatable bonds is 6. The Labute approximate surface area is 191 Å². The lowest BCUT2D eigenvalue weighted by atomic mass is 9.60. The Kier molecular flexibility index (Phi) is 6.08. The first-order valence-corrected chi connectivity index (χ1v) is 12.3. The molecular formula is C21H21Cl3N2O3S. The van der Waals surface area contributed by atoms with Gasteiger partial charge in [0.25, 0.3) is 0 Å². The van der Waals surface area contributed by atoms with Crippen LogP contribution in [0.2, 0.25) is 15.1 Å². The van der Waals surface area contributed by atoms with Crippen LogP contribution in [0.5, 0.6) is 0 Å². The molecule has 160 valence electrons. The fourth-order valence-corrected chi connectivity index (χ4v) is 6.38. The van der Waals surface area contributed by atoms with Crippen molar-refractivity contribution in [1.29, 1.82) is 0 Å². The van der Waals surface area contributed by atoms with Gasteiger partial charge < -0.3 is 5.32 Å². The number of nitrogens with zero attached hydrogens (tertiary/aromatic N) is 1. The maximum absolute atomic E-state index is 12.8. The number of sulfonamides is 1. The van der Waals surface area contributed by atoms with Gasteiger partial charge in [0.15, 0.2) is 0 Å². The lowest BCUT2D eigenvalue weighted by Crippen LogP contribution is -2.71. The van der Waals surface area contributed by atoms with Crippen LogP contribution in [0, 0.1) is 5.41 Å². The molecule has 30 heavy (non-hydrogen) atoms. The van der Waals surface area contributed by atoms with E-state index in [1.165, 1.54) is 16.4 Å². The second kappa shape index (κ2) is 8.32. The first kappa shape index (κ1) is 21.9. The summed E-state index contributed by atoms with van der Waals surface area (Å²) in [5.74, 6) is -0.0518. The third kappa shape index (κ3) is 4.21. The molecule has 1 atom stereocenters. The zero-order chi connectivity index (χ0) is 21.5. The Morgan fingerprint density at radius 1 is 1.07 bits per heavy atom. The van der Waals surface area contributed by atoms with Crippen LogP contribution in [0.4, 0.5) is 0 Å². The number of nitrogens with one attached hydrogen (secondary N) is 1. The van der Waals surface area contributed by atoms with Crippen LogP contribution in [-0.2, 0) is 21.2 Å². The maximum Gasteiger partial charge on any atom is 0.243 e. The quantitative estimate of drug-likeness (QED) is 0.650. The summed E-state index contributed by atoms with van der Waals surface area (Å²) in [7, 11) is -3.54. The molecule has 1 N–H and O–H groups in total. The zero-order valence-corrected chi connectivity index (χ0v) is 19.2. The Bertz CT molecular complexity index is 1070. The second-order valence-corrected chi connectivity index (χ2v) is 11.2. The molecule has 0 radical (unpaired) electrons. The topological polar surface area (TPSA) is 66.5 Å². The standard InChI is InChI=1S/C21H21Cl3N2O3S/c22-15-4-6-17(7-5-15)30(28,29)26-12-21(13-26)10-9-19(21)25-20(27)8-2-14-1-3-16(23)11-18(14)24/h1,3-7,11,19H,2,8-10,12-13H2,(H,25,27)/t19-/m1/s1. The van der Waals surface area contributed by atoms with Gasteiger partial charge in [-0.3, -0.25) is 4.79 Å². The predicted octanol–water partition coefficient (Wildman–Crippen LogP) is 4.55. The van der Waals surface area contributed by atoms with Crippen molar-refractivity contribution in [3.8, 4) is 0 Å². The van der Waals surface area contributed by atoms with Gasteiger partial charge in [-0.2, -0.15) is 4.31 Å². The lowest BCUT2D eigenvalue weighted by Gasteiger charge is -2.59. The molecule has 2 fully saturated rings. The van der Waals surface area contributed by atoms with Crippen molar-refractivity contribution in [3.63, 3.8) is 0 Å². The molecule has 1 aliphatic carbocycles. The normalized spacial score (nSPS) is 20.4. The maximum atomic E-state index is 12.8. The van der Waals surface area contributed by atoms with Crippen LogP contribution in [0.3, 0.4) is 0 Å². The molecular weight excluding hydrogens is 467 g/mol. The fourth-order valence-electron chi connectivity index (χ4n) is 4.12. The van der Waals surface area contributed by atoms with Crippen LogP contribution in [-0.4, -0.2) is 37.8 Å². The summed E-state index contributed by atoms with van der Waals surface area (Å²) < 4.78 is 27.0. The number of hydrogen-bond donors (Lipinski definition) is 1. The summed E-state index contributed by atoms with van der Waals surface area (Å²) in [6.45, 7) is 0.845. The van der Waals surface area contributed by atoms with Crippen molar-refractivity contribution in [1.82, 2.24) is 9.62 Å². The zero-order valence-electron chi connectivity index (χ0n) is 16.1. The minimum atomic E-state index is -3.54. The summed E-state index contributed by atoms with van der Waals surface area (Å²) in [5, 5.41) is 4.69. The van der Waals surface area contributed by atoms with Gasteiger partial charge >= 0.3 is 0 Å². The molecule has 1 saturated carbocycles. The summed E-state index contributed by atoms with van der Waals surface area (Å²) in [6.07, 6.45) is 2.62. The number of halogens is 3. The van der Waals surface area contributed by atoms with Crippen LogP contribution >= 0.6 is 34.8 Å². The molecule has 1 saturated heterocycles. The SMILES string of the molecule is O=C(CCc1ccc(Cl)cc1Cl)N[C@@H]1CCC12CN(S(=O)(=O)c1ccc(Cl)cc1)C2. The second-order valence-electron chi connectivity index (χ2n) is 7.98. The highest BCUT2D eigenvalue weighted by Crippen LogP contribution is 2.50. The Balaban J connectivity index is 1.31. The Hall–Kier alpha value is -1.31. The van der Waals surface area contributed by atoms with E-state index in [0.717, 1.165) is 18.4 Å². The van der Waals surface area contributed by atoms with E-state index in [2.05, 4.69) is 5.32 Å². The van der Waals surface area contributed by atoms with E-state index in [9.17, 15) is 13.2 Å². The monoisotopic (exact) mass is 486 g/mol. The minimum Gasteiger partial charge on any atom is -0.353 e. The van der Waals surface area contributed by atoms with Crippen LogP contribution in [0.1, 0.15) is 24.8 Å². The highest BCUT2D eigenvalue weighted by Gasteiger charge is 2.58. The van der Waals surface area contributed by atoms with E-state index in [1.54, 1.807) is 24.3 Å². The third-order valence-corrected chi connectivity index (χ3v) is 8.72. The van der Waals surface area contributed by atoms with Crippen molar-refractivity contribution in [3.05, 3.63) is 63.1 Å². The average molecular weight is 488 g/mol. The van der Waals surface area contributed by atoms with Gasteiger partial charge in [0, 0.05) is 46.0 Å². The van der Waals surface area contributed by atoms with Crippen molar-refractivity contribution in [2.75, 3.05) is 13.1 Å². The van der Waals surface area contributed by atoms with Crippen molar-refractivity contribution >= 4 is 50.7 Å². The summed E-state index contributed by atoms with van der Waals surface area (Å²) in [6, 6.07) is 11.4. The van der Waals surface area contributed by atoms with Gasteiger partial charge in [-0.1, -0.05) is 40.9 Å². The molecule has 5 nitrogen and oxygen atoms in total. The predicted molar refractivity (Wildman–Crippen MR) is 119 cm³/mol. The van der Waals surface area contributed by atoms with E-state index in [-0.39, 0.29) is 22.3 Å². The first-order chi connectivity index (χ1) is 14.2. The van der Waals surface area contributed by atoms with Crippen molar-refractivity contribution in [2.24, 2.45) is 5.41 Å². The minimum absolute atomic E-state index is 0.00218. The number of hydrogen-bond acceptors (Lipinski definition) is 3. The third-order valence-electron chi connectivity index (χ3n) is 6.08. The highest BCUT2D eigenvalue weighted by molar-refractivity contribution is 7.89. The molecule has 1 amide bonds. The van der Waals surface area contributed by atoms with Gasteiger partial charge in [0.1, 0.15) is 0 Å². The fraction of sp³-hybridized carbons (Fsp3) is 0.381. The summed E-state index contributed by atoms with van der Waals surface area (Å²) in [5.41, 5.74) is 0.719. The molecule has 4 rings (SSSR count). The molecule has 1 spiro atoms. The van der Waals surface area contributed by atoms with Crippen molar-refractivity contribution in [2.45, 2.75) is 36.6 Å². The van der Waals surface area contributed by atoms with E-state index in [0.29, 0.717) is 41.0 Å². The molecule has 2 aromatic rings. The molecule has 0 aromatic heterocycles. The van der Waals surface area contributed by atoms with E-state index >= 15 is 0 Å². The highest BCUT2D eigenvalue weighted by atomic mass is 35.5. The first-order valence-electron chi connectivity index (χ1n) is 9.69. The Morgan fingerprint density at radius 3 is 2.33 bits per heavy atom. The van der Waals surface area contributed by atoms with Gasteiger partial charge in [-0.25, -0.2) is 8.42 Å². The van der Waals surface area contributed by atoms with Crippen LogP contribution in [0.15, 0.2) is 47.4 Å². The molecule has 2 aromatic carbocycles. The number of aryl methyl sites for hydroxylation is 1. The number of carbonyl (C=O) groups is 1.